The van der Waals surface area contributed by atoms with Crippen molar-refractivity contribution in [1.82, 2.24) is 15.2 Å². The molecule has 1 saturated heterocycles. The van der Waals surface area contributed by atoms with E-state index >= 15 is 0 Å². The van der Waals surface area contributed by atoms with Crippen molar-refractivity contribution in [3.8, 4) is 45.2 Å². The Morgan fingerprint density at radius 1 is 0.794 bits per heavy atom. The molecule has 2 aromatic heterocycles. The number of fused-ring (bicyclic) bond motifs is 2. The summed E-state index contributed by atoms with van der Waals surface area (Å²) >= 11 is 6.72. The number of amides is 5. The molecule has 0 saturated carbocycles. The summed E-state index contributed by atoms with van der Waals surface area (Å²) in [6.07, 6.45) is 1.79. The van der Waals surface area contributed by atoms with Gasteiger partial charge in [-0.15, -0.1) is 0 Å². The Hall–Kier alpha value is -7.44. The number of nitrogens with two attached hydrogens (primary N) is 1. The number of carbonyl (C=O) groups excluding carboxylic acids is 5. The van der Waals surface area contributed by atoms with E-state index < -0.39 is 35.6 Å². The van der Waals surface area contributed by atoms with Crippen LogP contribution in [0.5, 0.6) is 11.5 Å². The van der Waals surface area contributed by atoms with Gasteiger partial charge in [-0.3, -0.25) is 44.0 Å². The van der Waals surface area contributed by atoms with Gasteiger partial charge in [0.05, 0.1) is 73.5 Å². The highest BCUT2D eigenvalue weighted by atomic mass is 35.5. The number of piperidine rings is 1. The van der Waals surface area contributed by atoms with Crippen LogP contribution in [0, 0.1) is 0 Å². The van der Waals surface area contributed by atoms with Crippen molar-refractivity contribution in [2.45, 2.75) is 25.8 Å². The summed E-state index contributed by atoms with van der Waals surface area (Å²) in [6.45, 7) is 4.89. The van der Waals surface area contributed by atoms with Crippen LogP contribution < -0.4 is 31.3 Å². The maximum Gasteiger partial charge on any atom is 0.262 e. The molecule has 0 spiro atoms. The lowest BCUT2D eigenvalue weighted by molar-refractivity contribution is -0.136. The minimum absolute atomic E-state index is 0.0445. The Kier molecular flexibility index (Phi) is 14.9. The number of nitrogens with one attached hydrogen (secondary N) is 2. The van der Waals surface area contributed by atoms with E-state index in [4.69, 9.17) is 45.4 Å². The molecule has 17 nitrogen and oxygen atoms in total. The van der Waals surface area contributed by atoms with E-state index in [9.17, 15) is 28.8 Å². The van der Waals surface area contributed by atoms with Crippen LogP contribution in [0.2, 0.25) is 5.02 Å². The summed E-state index contributed by atoms with van der Waals surface area (Å²) in [5, 5.41) is 6.12. The molecule has 4 N–H and O–H groups in total. The van der Waals surface area contributed by atoms with Gasteiger partial charge < -0.3 is 39.2 Å². The summed E-state index contributed by atoms with van der Waals surface area (Å²) in [5.41, 5.74) is 10.1. The van der Waals surface area contributed by atoms with Gasteiger partial charge in [-0.05, 0) is 91.7 Å². The number of ether oxygens (including phenoxy) is 5. The molecule has 0 aliphatic carbocycles. The van der Waals surface area contributed by atoms with Crippen LogP contribution in [0.15, 0.2) is 106 Å². The number of rotatable bonds is 21. The Labute approximate surface area is 394 Å². The second-order valence-corrected chi connectivity index (χ2v) is 16.0. The summed E-state index contributed by atoms with van der Waals surface area (Å²) in [6, 6.07) is 24.2. The number of hydrogen-bond donors (Lipinski definition) is 3. The fraction of sp³-hybridized carbons (Fsp3) is 0.260. The zero-order valence-corrected chi connectivity index (χ0v) is 37.6. The normalized spacial score (nSPS) is 14.6. The number of aromatic nitrogens is 1. The molecule has 0 bridgehead atoms. The first-order valence-corrected chi connectivity index (χ1v) is 22.2. The third kappa shape index (κ3) is 10.7. The fourth-order valence-corrected chi connectivity index (χ4v) is 8.09. The predicted molar refractivity (Wildman–Crippen MR) is 251 cm³/mol. The number of primary amides is 1. The molecule has 5 amide bonds. The van der Waals surface area contributed by atoms with Crippen LogP contribution in [0.4, 0.5) is 5.69 Å². The van der Waals surface area contributed by atoms with Crippen LogP contribution in [-0.4, -0.2) is 105 Å². The Balaban J connectivity index is 0.760. The first-order valence-electron chi connectivity index (χ1n) is 21.9. The molecule has 6 aromatic rings. The minimum Gasteiger partial charge on any atom is -0.493 e. The van der Waals surface area contributed by atoms with Gasteiger partial charge in [-0.2, -0.15) is 0 Å². The molecule has 18 heteroatoms. The molecule has 4 heterocycles. The molecule has 2 aliphatic heterocycles. The monoisotopic (exact) mass is 943 g/mol. The van der Waals surface area contributed by atoms with E-state index in [0.717, 1.165) is 10.6 Å². The van der Waals surface area contributed by atoms with E-state index in [1.54, 1.807) is 54.7 Å². The van der Waals surface area contributed by atoms with Crippen LogP contribution in [0.25, 0.3) is 44.7 Å². The quantitative estimate of drug-likeness (QED) is 0.0533. The average molecular weight is 944 g/mol. The molecule has 1 atom stereocenters. The maximum absolute atomic E-state index is 13.6. The van der Waals surface area contributed by atoms with Crippen molar-refractivity contribution in [3.63, 3.8) is 0 Å². The second-order valence-electron chi connectivity index (χ2n) is 15.6. The van der Waals surface area contributed by atoms with E-state index in [0.29, 0.717) is 102 Å². The molecular weight excluding hydrogens is 898 g/mol. The molecule has 2 aliphatic rings. The minimum atomic E-state index is -1.04. The average Bonchev–Trinajstić information content (AvgIpc) is 3.57. The lowest BCUT2D eigenvalue weighted by Crippen LogP contribution is -2.54. The van der Waals surface area contributed by atoms with Gasteiger partial charge in [0.15, 0.2) is 5.43 Å². The molecule has 8 rings (SSSR count). The van der Waals surface area contributed by atoms with Crippen molar-refractivity contribution in [2.75, 3.05) is 64.7 Å². The number of benzene rings is 4. The molecule has 1 unspecified atom stereocenters. The highest BCUT2D eigenvalue weighted by molar-refractivity contribution is 6.33. The molecule has 1 fully saturated rings. The lowest BCUT2D eigenvalue weighted by atomic mass is 9.96. The molecular formula is C50H46ClN5O12. The Morgan fingerprint density at radius 2 is 1.53 bits per heavy atom. The summed E-state index contributed by atoms with van der Waals surface area (Å²) in [5.74, 6) is -1.80. The second kappa shape index (κ2) is 21.5. The lowest BCUT2D eigenvalue weighted by Gasteiger charge is -2.27. The standard InChI is InChI=1S/C50H46ClN5O12/c1-2-66-43-28-45-38(26-36(43)29-21-30(23-31(22-29)47(52)59)40-5-3-4-12-54-40)42(57)27-44(68-45)35-8-6-32(24-39(35)51)53-13-14-63-15-16-64-17-18-65-19-20-67-33-7-9-34-37(25-33)50(62)56(49(34)61)41-10-11-46(58)55-48(41)60/h3-9,12,21-28,41,53H,2,10-11,13-20H2,1H3,(H2,52,59)(H,55,58,60). The number of hydrogen-bond acceptors (Lipinski definition) is 14. The summed E-state index contributed by atoms with van der Waals surface area (Å²) in [7, 11) is 0. The van der Waals surface area contributed by atoms with E-state index in [-0.39, 0.29) is 53.9 Å². The summed E-state index contributed by atoms with van der Waals surface area (Å²) < 4.78 is 34.8. The van der Waals surface area contributed by atoms with Crippen molar-refractivity contribution in [3.05, 3.63) is 129 Å². The number of nitrogens with zero attached hydrogens (tertiary/aromatic N) is 2. The maximum atomic E-state index is 13.6. The van der Waals surface area contributed by atoms with Gasteiger partial charge in [0.1, 0.15) is 35.5 Å². The zero-order valence-electron chi connectivity index (χ0n) is 36.8. The van der Waals surface area contributed by atoms with Crippen molar-refractivity contribution >= 4 is 57.8 Å². The van der Waals surface area contributed by atoms with E-state index in [1.165, 1.54) is 18.2 Å². The summed E-state index contributed by atoms with van der Waals surface area (Å²) in [4.78, 5) is 81.0. The van der Waals surface area contributed by atoms with Gasteiger partial charge in [0.2, 0.25) is 17.7 Å². The zero-order chi connectivity index (χ0) is 47.7. The van der Waals surface area contributed by atoms with Crippen LogP contribution in [0.3, 0.4) is 0 Å². The SMILES string of the molecule is CCOc1cc2oc(-c3ccc(NCCOCCOCCOCCOc4ccc5c(c4)C(=O)N(C4CCC(=O)NC4=O)C5=O)cc3Cl)cc(=O)c2cc1-c1cc(C(N)=O)cc(-c2ccccn2)c1. The highest BCUT2D eigenvalue weighted by Crippen LogP contribution is 2.38. The molecule has 0 radical (unpaired) electrons. The fourth-order valence-electron chi connectivity index (χ4n) is 7.82. The van der Waals surface area contributed by atoms with Gasteiger partial charge in [0.25, 0.3) is 11.8 Å². The third-order valence-electron chi connectivity index (χ3n) is 11.1. The smallest absolute Gasteiger partial charge is 0.262 e. The van der Waals surface area contributed by atoms with Crippen molar-refractivity contribution < 1.29 is 52.1 Å². The van der Waals surface area contributed by atoms with Gasteiger partial charge >= 0.3 is 0 Å². The topological polar surface area (TPSA) is 228 Å². The van der Waals surface area contributed by atoms with Gasteiger partial charge in [0, 0.05) is 59.2 Å². The number of pyridine rings is 1. The van der Waals surface area contributed by atoms with E-state index in [1.807, 2.05) is 31.2 Å². The van der Waals surface area contributed by atoms with Crippen molar-refractivity contribution in [2.24, 2.45) is 5.73 Å². The van der Waals surface area contributed by atoms with Crippen LogP contribution in [-0.2, 0) is 23.8 Å². The largest absolute Gasteiger partial charge is 0.493 e. The molecule has 4 aromatic carbocycles. The predicted octanol–water partition coefficient (Wildman–Crippen LogP) is 6.28. The van der Waals surface area contributed by atoms with Gasteiger partial charge in [-0.25, -0.2) is 0 Å². The van der Waals surface area contributed by atoms with Gasteiger partial charge in [-0.1, -0.05) is 17.7 Å². The van der Waals surface area contributed by atoms with E-state index in [2.05, 4.69) is 15.6 Å². The number of anilines is 1. The third-order valence-corrected chi connectivity index (χ3v) is 11.4. The number of carbonyl (C=O) groups is 5. The first kappa shape index (κ1) is 47.1. The number of imide groups is 2. The Bertz CT molecular complexity index is 2960. The molecule has 350 valence electrons. The Morgan fingerprint density at radius 3 is 2.25 bits per heavy atom. The number of halogens is 1. The highest BCUT2D eigenvalue weighted by Gasteiger charge is 2.44. The van der Waals surface area contributed by atoms with Crippen LogP contribution in [0.1, 0.15) is 50.8 Å². The van der Waals surface area contributed by atoms with Crippen LogP contribution >= 0.6 is 11.6 Å². The first-order chi connectivity index (χ1) is 33.0. The molecule has 68 heavy (non-hydrogen) atoms. The van der Waals surface area contributed by atoms with Crippen molar-refractivity contribution in [1.29, 1.82) is 0 Å².